The molecule has 0 aliphatic carbocycles. The van der Waals surface area contributed by atoms with Crippen molar-refractivity contribution in [2.24, 2.45) is 0 Å². The zero-order chi connectivity index (χ0) is 10.1. The normalized spacial score (nSPS) is 12.2. The predicted molar refractivity (Wildman–Crippen MR) is 35.2 cm³/mol. The Labute approximate surface area is 71.0 Å². The van der Waals surface area contributed by atoms with E-state index in [0.717, 1.165) is 6.07 Å². The Hall–Kier alpha value is -1.13. The molecule has 0 aliphatic heterocycles. The minimum absolute atomic E-state index is 0.394. The molecule has 0 saturated carbocycles. The first-order valence-corrected chi connectivity index (χ1v) is 3.28. The van der Waals surface area contributed by atoms with E-state index in [2.05, 4.69) is 0 Å². The summed E-state index contributed by atoms with van der Waals surface area (Å²) in [4.78, 5) is 0. The molecule has 0 saturated heterocycles. The van der Waals surface area contributed by atoms with Crippen LogP contribution in [0.3, 0.4) is 0 Å². The average molecular weight is 195 g/mol. The summed E-state index contributed by atoms with van der Waals surface area (Å²) in [6.45, 7) is 0. The summed E-state index contributed by atoms with van der Waals surface area (Å²) in [6, 6.07) is 3.96. The fourth-order valence-electron chi connectivity index (χ4n) is 0.787. The number of alkyl halides is 5. The largest absolute Gasteiger partial charge is 0.416 e. The van der Waals surface area contributed by atoms with Gasteiger partial charge >= 0.3 is 6.18 Å². The maximum Gasteiger partial charge on any atom is 0.416 e. The van der Waals surface area contributed by atoms with Crippen LogP contribution in [0.1, 0.15) is 17.6 Å². The van der Waals surface area contributed by atoms with Gasteiger partial charge in [0.1, 0.15) is 0 Å². The van der Waals surface area contributed by atoms with Crippen molar-refractivity contribution in [2.45, 2.75) is 12.6 Å². The molecule has 1 rings (SSSR count). The zero-order valence-electron chi connectivity index (χ0n) is 6.20. The molecule has 0 heterocycles. The van der Waals surface area contributed by atoms with Gasteiger partial charge in [-0.15, -0.1) is 0 Å². The Kier molecular flexibility index (Phi) is 2.54. The summed E-state index contributed by atoms with van der Waals surface area (Å²) in [5.41, 5.74) is -1.82. The van der Waals surface area contributed by atoms with Crippen molar-refractivity contribution in [3.05, 3.63) is 35.4 Å². The first-order valence-electron chi connectivity index (χ1n) is 3.28. The number of halogens is 5. The molecule has 0 unspecified atom stereocenters. The summed E-state index contributed by atoms with van der Waals surface area (Å²) < 4.78 is 59.8. The van der Waals surface area contributed by atoms with Crippen LogP contribution in [0.25, 0.3) is 0 Å². The Morgan fingerprint density at radius 2 is 1.85 bits per heavy atom. The van der Waals surface area contributed by atoms with Crippen LogP contribution in [0, 0.1) is 6.07 Å². The van der Waals surface area contributed by atoms with E-state index in [1.807, 2.05) is 6.07 Å². The van der Waals surface area contributed by atoms with E-state index in [4.69, 9.17) is 0 Å². The Morgan fingerprint density at radius 3 is 2.31 bits per heavy atom. The van der Waals surface area contributed by atoms with Crippen LogP contribution in [-0.2, 0) is 6.18 Å². The van der Waals surface area contributed by atoms with Crippen molar-refractivity contribution in [3.63, 3.8) is 0 Å². The van der Waals surface area contributed by atoms with E-state index in [-0.39, 0.29) is 0 Å². The van der Waals surface area contributed by atoms with Gasteiger partial charge in [-0.3, -0.25) is 0 Å². The Balaban J connectivity index is 3.06. The van der Waals surface area contributed by atoms with Gasteiger partial charge < -0.3 is 0 Å². The molecular weight excluding hydrogens is 191 g/mol. The second kappa shape index (κ2) is 3.32. The van der Waals surface area contributed by atoms with Crippen LogP contribution in [0.15, 0.2) is 18.2 Å². The highest BCUT2D eigenvalue weighted by atomic mass is 19.4. The van der Waals surface area contributed by atoms with Crippen molar-refractivity contribution >= 4 is 0 Å². The van der Waals surface area contributed by atoms with Gasteiger partial charge in [0.2, 0.25) is 0 Å². The average Bonchev–Trinajstić information content (AvgIpc) is 2.03. The molecule has 0 amide bonds. The quantitative estimate of drug-likeness (QED) is 0.602. The maximum absolute atomic E-state index is 12.0. The van der Waals surface area contributed by atoms with E-state index < -0.39 is 23.7 Å². The molecule has 0 atom stereocenters. The lowest BCUT2D eigenvalue weighted by Gasteiger charge is -2.07. The van der Waals surface area contributed by atoms with Gasteiger partial charge in [0.15, 0.2) is 0 Å². The van der Waals surface area contributed by atoms with E-state index in [9.17, 15) is 22.0 Å². The number of hydrogen-bond donors (Lipinski definition) is 0. The fraction of sp³-hybridized carbons (Fsp3) is 0.250. The highest BCUT2D eigenvalue weighted by molar-refractivity contribution is 5.25. The Bertz CT molecular complexity index is 289. The molecule has 0 spiro atoms. The molecule has 1 aromatic rings. The van der Waals surface area contributed by atoms with E-state index in [1.165, 1.54) is 0 Å². The topological polar surface area (TPSA) is 0 Å². The molecule has 0 bridgehead atoms. The molecule has 13 heavy (non-hydrogen) atoms. The molecule has 71 valence electrons. The second-order valence-electron chi connectivity index (χ2n) is 2.33. The lowest BCUT2D eigenvalue weighted by atomic mass is 10.1. The molecule has 0 N–H and O–H groups in total. The molecule has 0 fully saturated rings. The van der Waals surface area contributed by atoms with Crippen LogP contribution in [-0.4, -0.2) is 0 Å². The molecule has 5 heteroatoms. The lowest BCUT2D eigenvalue weighted by Crippen LogP contribution is -2.05. The fourth-order valence-corrected chi connectivity index (χ4v) is 0.787. The Morgan fingerprint density at radius 1 is 1.23 bits per heavy atom. The smallest absolute Gasteiger partial charge is 0.205 e. The summed E-state index contributed by atoms with van der Waals surface area (Å²) in [6.07, 6.45) is -7.51. The third kappa shape index (κ3) is 2.40. The predicted octanol–water partition coefficient (Wildman–Crippen LogP) is 3.44. The van der Waals surface area contributed by atoms with E-state index >= 15 is 0 Å². The van der Waals surface area contributed by atoms with Gasteiger partial charge in [-0.1, -0.05) is 6.07 Å². The van der Waals surface area contributed by atoms with Gasteiger partial charge in [-0.25, -0.2) is 8.78 Å². The molecule has 1 radical (unpaired) electrons. The van der Waals surface area contributed by atoms with Crippen molar-refractivity contribution in [2.75, 3.05) is 0 Å². The monoisotopic (exact) mass is 195 g/mol. The second-order valence-corrected chi connectivity index (χ2v) is 2.33. The third-order valence-corrected chi connectivity index (χ3v) is 1.39. The molecule has 0 nitrogen and oxygen atoms in total. The van der Waals surface area contributed by atoms with Gasteiger partial charge in [0.25, 0.3) is 6.43 Å². The molecule has 1 aromatic carbocycles. The van der Waals surface area contributed by atoms with Crippen LogP contribution in [0.2, 0.25) is 0 Å². The van der Waals surface area contributed by atoms with Gasteiger partial charge in [-0.2, -0.15) is 13.2 Å². The van der Waals surface area contributed by atoms with Gasteiger partial charge in [0, 0.05) is 5.56 Å². The van der Waals surface area contributed by atoms with E-state index in [0.29, 0.717) is 12.1 Å². The highest BCUT2D eigenvalue weighted by Gasteiger charge is 2.30. The number of benzene rings is 1. The summed E-state index contributed by atoms with van der Waals surface area (Å²) in [7, 11) is 0. The molecular formula is C8H4F5. The van der Waals surface area contributed by atoms with E-state index in [1.54, 1.807) is 0 Å². The standard InChI is InChI=1S/C8H4F5/c9-7(10)5-2-1-3-6(4-5)8(11,12)13/h1,3-4,7H. The highest BCUT2D eigenvalue weighted by Crippen LogP contribution is 2.31. The van der Waals surface area contributed by atoms with Crippen LogP contribution >= 0.6 is 0 Å². The number of rotatable bonds is 1. The minimum atomic E-state index is -4.58. The summed E-state index contributed by atoms with van der Waals surface area (Å²) in [5, 5.41) is 0. The molecule has 0 aliphatic rings. The van der Waals surface area contributed by atoms with Gasteiger partial charge in [0.05, 0.1) is 5.56 Å². The first kappa shape index (κ1) is 9.95. The first-order chi connectivity index (χ1) is 5.91. The van der Waals surface area contributed by atoms with Gasteiger partial charge in [-0.05, 0) is 18.2 Å². The number of hydrogen-bond acceptors (Lipinski definition) is 0. The zero-order valence-corrected chi connectivity index (χ0v) is 6.20. The minimum Gasteiger partial charge on any atom is -0.205 e. The SMILES string of the molecule is FC(F)c1[c]ccc(C(F)(F)F)c1. The summed E-state index contributed by atoms with van der Waals surface area (Å²) in [5.74, 6) is 0. The summed E-state index contributed by atoms with van der Waals surface area (Å²) >= 11 is 0. The molecule has 0 aromatic heterocycles. The van der Waals surface area contributed by atoms with Crippen molar-refractivity contribution < 1.29 is 22.0 Å². The van der Waals surface area contributed by atoms with Crippen molar-refractivity contribution in [1.29, 1.82) is 0 Å². The van der Waals surface area contributed by atoms with Crippen LogP contribution < -0.4 is 0 Å². The van der Waals surface area contributed by atoms with Crippen molar-refractivity contribution in [3.8, 4) is 0 Å². The van der Waals surface area contributed by atoms with Crippen molar-refractivity contribution in [1.82, 2.24) is 0 Å². The third-order valence-electron chi connectivity index (χ3n) is 1.39. The van der Waals surface area contributed by atoms with Crippen LogP contribution in [0.5, 0.6) is 0 Å². The van der Waals surface area contributed by atoms with Crippen LogP contribution in [0.4, 0.5) is 22.0 Å². The lowest BCUT2D eigenvalue weighted by molar-refractivity contribution is -0.137. The maximum atomic E-state index is 12.0.